The Morgan fingerprint density at radius 3 is 2.18 bits per heavy atom. The van der Waals surface area contributed by atoms with E-state index < -0.39 is 5.82 Å². The average Bonchev–Trinajstić information content (AvgIpc) is 3.61. The molecular weight excluding hydrogens is 451 g/mol. The Bertz CT molecular complexity index is 910. The zero-order chi connectivity index (χ0) is 24.7. The van der Waals surface area contributed by atoms with E-state index in [1.54, 1.807) is 15.9 Å². The van der Waals surface area contributed by atoms with Crippen molar-refractivity contribution in [2.45, 2.75) is 58.4 Å². The van der Waals surface area contributed by atoms with E-state index in [1.165, 1.54) is 38.1 Å². The van der Waals surface area contributed by atoms with Gasteiger partial charge in [0.2, 0.25) is 0 Å². The van der Waals surface area contributed by atoms with Crippen LogP contribution in [0.3, 0.4) is 0 Å². The van der Waals surface area contributed by atoms with Crippen molar-refractivity contribution in [3.8, 4) is 0 Å². The fourth-order valence-corrected chi connectivity index (χ4v) is 5.41. The van der Waals surface area contributed by atoms with E-state index in [1.807, 2.05) is 0 Å². The van der Waals surface area contributed by atoms with Gasteiger partial charge in [-0.2, -0.15) is 0 Å². The van der Waals surface area contributed by atoms with Gasteiger partial charge in [0, 0.05) is 37.8 Å². The van der Waals surface area contributed by atoms with Gasteiger partial charge in [-0.05, 0) is 70.7 Å². The quantitative estimate of drug-likeness (QED) is 0.369. The lowest BCUT2D eigenvalue weighted by Crippen LogP contribution is -2.28. The molecule has 0 aliphatic carbocycles. The summed E-state index contributed by atoms with van der Waals surface area (Å²) in [7, 11) is 0. The lowest BCUT2D eigenvalue weighted by molar-refractivity contribution is -0.125. The molecule has 6 nitrogen and oxygen atoms in total. The molecule has 3 aliphatic heterocycles. The maximum absolute atomic E-state index is 14.4. The first-order valence-electron chi connectivity index (χ1n) is 12.4. The van der Waals surface area contributed by atoms with E-state index >= 15 is 0 Å². The summed E-state index contributed by atoms with van der Waals surface area (Å²) in [6, 6.07) is 5.02. The summed E-state index contributed by atoms with van der Waals surface area (Å²) < 4.78 is 14.4. The molecular formula is C26H37FN4O2S. The lowest BCUT2D eigenvalue weighted by Gasteiger charge is -2.17. The molecule has 1 aromatic carbocycles. The summed E-state index contributed by atoms with van der Waals surface area (Å²) in [5.74, 6) is -1.11. The fraction of sp³-hybridized carbons (Fsp3) is 0.577. The number of benzene rings is 1. The highest BCUT2D eigenvalue weighted by Gasteiger charge is 2.24. The highest BCUT2D eigenvalue weighted by molar-refractivity contribution is 8.18. The van der Waals surface area contributed by atoms with E-state index in [4.69, 9.17) is 5.41 Å². The summed E-state index contributed by atoms with van der Waals surface area (Å²) >= 11 is 0.932. The number of nitrogens with zero attached hydrogens (tertiary/aromatic N) is 3. The monoisotopic (exact) mass is 488 g/mol. The molecule has 3 fully saturated rings. The van der Waals surface area contributed by atoms with Crippen LogP contribution in [0, 0.1) is 11.2 Å². The number of nitrogens with one attached hydrogen (secondary N) is 1. The van der Waals surface area contributed by atoms with Crippen molar-refractivity contribution in [2.75, 3.05) is 39.3 Å². The molecule has 34 heavy (non-hydrogen) atoms. The van der Waals surface area contributed by atoms with Crippen LogP contribution >= 0.6 is 11.8 Å². The van der Waals surface area contributed by atoms with Crippen molar-refractivity contribution in [1.29, 1.82) is 5.41 Å². The van der Waals surface area contributed by atoms with Crippen molar-refractivity contribution in [1.82, 2.24) is 14.7 Å². The topological polar surface area (TPSA) is 67.7 Å². The molecule has 0 radical (unpaired) electrons. The minimum Gasteiger partial charge on any atom is -0.339 e. The van der Waals surface area contributed by atoms with E-state index in [2.05, 4.69) is 25.3 Å². The molecule has 0 aromatic heterocycles. The van der Waals surface area contributed by atoms with Crippen molar-refractivity contribution in [2.24, 2.45) is 0 Å². The maximum atomic E-state index is 14.4. The summed E-state index contributed by atoms with van der Waals surface area (Å²) in [6.45, 7) is 13.6. The van der Waals surface area contributed by atoms with Gasteiger partial charge in [0.05, 0.1) is 15.5 Å². The predicted molar refractivity (Wildman–Crippen MR) is 137 cm³/mol. The summed E-state index contributed by atoms with van der Waals surface area (Å²) in [5.41, 5.74) is 0.362. The van der Waals surface area contributed by atoms with Crippen molar-refractivity contribution < 1.29 is 14.0 Å². The van der Waals surface area contributed by atoms with Crippen LogP contribution in [0.1, 0.15) is 68.3 Å². The van der Waals surface area contributed by atoms with Crippen molar-refractivity contribution in [3.63, 3.8) is 0 Å². The molecule has 2 amide bonds. The van der Waals surface area contributed by atoms with Gasteiger partial charge in [0.15, 0.2) is 0 Å². The van der Waals surface area contributed by atoms with Crippen LogP contribution in [0.5, 0.6) is 0 Å². The molecule has 186 valence electrons. The fourth-order valence-electron chi connectivity index (χ4n) is 4.71. The molecule has 0 spiro atoms. The Balaban J connectivity index is 0.000000343. The summed E-state index contributed by atoms with van der Waals surface area (Å²) in [4.78, 5) is 30.7. The number of hydrogen-bond donors (Lipinski definition) is 1. The molecule has 3 saturated heterocycles. The number of likely N-dealkylation sites (tertiary alicyclic amines) is 3. The van der Waals surface area contributed by atoms with Crippen molar-refractivity contribution in [3.05, 3.63) is 46.6 Å². The second kappa shape index (κ2) is 12.5. The van der Waals surface area contributed by atoms with Gasteiger partial charge < -0.3 is 14.7 Å². The molecule has 0 saturated carbocycles. The van der Waals surface area contributed by atoms with Crippen LogP contribution < -0.4 is 0 Å². The van der Waals surface area contributed by atoms with Crippen LogP contribution in [0.2, 0.25) is 0 Å². The van der Waals surface area contributed by atoms with Gasteiger partial charge >= 0.3 is 0 Å². The largest absolute Gasteiger partial charge is 0.339 e. The predicted octanol–water partition coefficient (Wildman–Crippen LogP) is 4.75. The van der Waals surface area contributed by atoms with Crippen LogP contribution in [0.15, 0.2) is 29.7 Å². The second-order valence-electron chi connectivity index (χ2n) is 9.17. The van der Waals surface area contributed by atoms with Gasteiger partial charge in [0.25, 0.3) is 11.8 Å². The number of carbonyl (C=O) groups excluding carboxylic acids is 2. The van der Waals surface area contributed by atoms with E-state index in [0.29, 0.717) is 31.7 Å². The van der Waals surface area contributed by atoms with E-state index in [9.17, 15) is 14.0 Å². The van der Waals surface area contributed by atoms with Gasteiger partial charge in [-0.15, -0.1) is 0 Å². The molecule has 1 N–H and O–H groups in total. The van der Waals surface area contributed by atoms with Crippen LogP contribution in [-0.4, -0.2) is 76.9 Å². The van der Waals surface area contributed by atoms with E-state index in [-0.39, 0.29) is 27.3 Å². The first kappa shape index (κ1) is 26.4. The number of amides is 2. The lowest BCUT2D eigenvalue weighted by atomic mass is 10.1. The molecule has 0 bridgehead atoms. The first-order chi connectivity index (χ1) is 16.3. The third-order valence-electron chi connectivity index (χ3n) is 6.81. The standard InChI is InChI=1S/C19H22FN3O2S.C7H15N/c1-13(18(24)22-8-2-3-9-22)26-17(21)14-6-7-15(16(20)12-14)19(25)23-10-4-5-11-23;1-3-8-6-4-5-7(8)2/h6-7,12,21H,1-5,8-11H2;7H,3-6H2,1-2H3/t;7-/m.1/s1. The van der Waals surface area contributed by atoms with Crippen LogP contribution in [-0.2, 0) is 4.79 Å². The average molecular weight is 489 g/mol. The molecule has 3 heterocycles. The SMILES string of the molecule is C=C(SC(=N)c1ccc(C(=O)N2CCCC2)c(F)c1)C(=O)N1CCCC1.CCN1CCC[C@H]1C. The second-order valence-corrected chi connectivity index (χ2v) is 10.3. The third kappa shape index (κ3) is 6.69. The highest BCUT2D eigenvalue weighted by atomic mass is 32.2. The Labute approximate surface area is 207 Å². The Morgan fingerprint density at radius 2 is 1.68 bits per heavy atom. The van der Waals surface area contributed by atoms with Crippen molar-refractivity contribution >= 4 is 28.6 Å². The Kier molecular flexibility index (Phi) is 9.71. The number of hydrogen-bond acceptors (Lipinski definition) is 5. The summed E-state index contributed by atoms with van der Waals surface area (Å²) in [6.07, 6.45) is 6.68. The van der Waals surface area contributed by atoms with Gasteiger partial charge in [-0.25, -0.2) is 4.39 Å². The van der Waals surface area contributed by atoms with Crippen LogP contribution in [0.4, 0.5) is 4.39 Å². The minimum absolute atomic E-state index is 0.0282. The van der Waals surface area contributed by atoms with Gasteiger partial charge in [-0.1, -0.05) is 31.3 Å². The first-order valence-corrected chi connectivity index (χ1v) is 13.2. The zero-order valence-corrected chi connectivity index (χ0v) is 21.3. The number of carbonyl (C=O) groups is 2. The number of thioether (sulfide) groups is 1. The molecule has 1 atom stereocenters. The normalized spacial score (nSPS) is 20.3. The zero-order valence-electron chi connectivity index (χ0n) is 20.4. The van der Waals surface area contributed by atoms with Crippen LogP contribution in [0.25, 0.3) is 0 Å². The Morgan fingerprint density at radius 1 is 1.06 bits per heavy atom. The molecule has 1 aromatic rings. The maximum Gasteiger partial charge on any atom is 0.260 e. The smallest absolute Gasteiger partial charge is 0.260 e. The Hall–Kier alpha value is -2.19. The third-order valence-corrected chi connectivity index (χ3v) is 7.67. The van der Waals surface area contributed by atoms with Gasteiger partial charge in [0.1, 0.15) is 5.82 Å². The highest BCUT2D eigenvalue weighted by Crippen LogP contribution is 2.25. The molecule has 8 heteroatoms. The minimum atomic E-state index is -0.638. The van der Waals surface area contributed by atoms with E-state index in [0.717, 1.165) is 43.5 Å². The van der Waals surface area contributed by atoms with Gasteiger partial charge in [-0.3, -0.25) is 15.0 Å². The summed E-state index contributed by atoms with van der Waals surface area (Å²) in [5, 5.41) is 8.18. The molecule has 0 unspecified atom stereocenters. The number of halogens is 1. The molecule has 4 rings (SSSR count). The molecule has 3 aliphatic rings. The number of rotatable bonds is 5.